The lowest BCUT2D eigenvalue weighted by Gasteiger charge is -2.17. The molecule has 0 amide bonds. The predicted molar refractivity (Wildman–Crippen MR) is 88.7 cm³/mol. The Kier molecular flexibility index (Phi) is 5.14. The van der Waals surface area contributed by atoms with Gasteiger partial charge in [0.1, 0.15) is 5.82 Å². The second kappa shape index (κ2) is 6.52. The molecule has 21 heavy (non-hydrogen) atoms. The number of nitrogens with one attached hydrogen (secondary N) is 1. The minimum Gasteiger partial charge on any atom is -0.271 e. The maximum atomic E-state index is 13.4. The molecular formula is C15H19BrFN3S. The number of halogens is 2. The van der Waals surface area contributed by atoms with Gasteiger partial charge in [0, 0.05) is 21.7 Å². The van der Waals surface area contributed by atoms with Gasteiger partial charge in [-0.2, -0.15) is 0 Å². The van der Waals surface area contributed by atoms with Crippen LogP contribution in [0.5, 0.6) is 0 Å². The van der Waals surface area contributed by atoms with Crippen LogP contribution in [0.1, 0.15) is 43.1 Å². The molecule has 6 heteroatoms. The summed E-state index contributed by atoms with van der Waals surface area (Å²) in [6.07, 6.45) is 0.624. The second-order valence-corrected chi connectivity index (χ2v) is 7.76. The minimum atomic E-state index is -0.275. The molecule has 0 aliphatic carbocycles. The Morgan fingerprint density at radius 3 is 2.71 bits per heavy atom. The second-order valence-electron chi connectivity index (χ2n) is 5.97. The van der Waals surface area contributed by atoms with E-state index in [9.17, 15) is 4.39 Å². The first-order valence-electron chi connectivity index (χ1n) is 6.67. The number of aromatic nitrogens is 1. The molecule has 0 spiro atoms. The van der Waals surface area contributed by atoms with Crippen LogP contribution in [0.25, 0.3) is 0 Å². The number of nitrogens with two attached hydrogens (primary N) is 1. The summed E-state index contributed by atoms with van der Waals surface area (Å²) in [6, 6.07) is 4.42. The first-order valence-corrected chi connectivity index (χ1v) is 8.34. The van der Waals surface area contributed by atoms with Crippen molar-refractivity contribution in [1.29, 1.82) is 0 Å². The average molecular weight is 372 g/mol. The third-order valence-corrected chi connectivity index (χ3v) is 4.83. The van der Waals surface area contributed by atoms with Crippen LogP contribution < -0.4 is 11.3 Å². The SMILES string of the molecule is CC(C)(C)c1csc(CC(NN)c2cc(F)ccc2Br)n1. The zero-order valence-corrected chi connectivity index (χ0v) is 14.7. The van der Waals surface area contributed by atoms with Crippen LogP contribution in [-0.2, 0) is 11.8 Å². The van der Waals surface area contributed by atoms with Crippen LogP contribution in [0.15, 0.2) is 28.1 Å². The molecule has 3 nitrogen and oxygen atoms in total. The van der Waals surface area contributed by atoms with E-state index in [1.54, 1.807) is 17.4 Å². The number of nitrogens with zero attached hydrogens (tertiary/aromatic N) is 1. The molecule has 0 saturated heterocycles. The zero-order chi connectivity index (χ0) is 15.6. The van der Waals surface area contributed by atoms with Gasteiger partial charge in [0.15, 0.2) is 0 Å². The van der Waals surface area contributed by atoms with Gasteiger partial charge in [0.25, 0.3) is 0 Å². The molecule has 1 aromatic carbocycles. The zero-order valence-electron chi connectivity index (χ0n) is 12.3. The highest BCUT2D eigenvalue weighted by Crippen LogP contribution is 2.29. The largest absolute Gasteiger partial charge is 0.271 e. The van der Waals surface area contributed by atoms with E-state index in [0.717, 1.165) is 20.7 Å². The van der Waals surface area contributed by atoms with Crippen molar-refractivity contribution in [3.05, 3.63) is 50.1 Å². The summed E-state index contributed by atoms with van der Waals surface area (Å²) >= 11 is 5.05. The maximum absolute atomic E-state index is 13.4. The quantitative estimate of drug-likeness (QED) is 0.628. The molecule has 0 fully saturated rings. The van der Waals surface area contributed by atoms with E-state index in [2.05, 4.69) is 52.5 Å². The van der Waals surface area contributed by atoms with Crippen molar-refractivity contribution in [2.45, 2.75) is 38.6 Å². The lowest BCUT2D eigenvalue weighted by Crippen LogP contribution is -2.30. The standard InChI is InChI=1S/C15H19BrFN3S/c1-15(2,3)13-8-21-14(19-13)7-12(20-18)10-6-9(17)4-5-11(10)16/h4-6,8,12,20H,7,18H2,1-3H3. The summed E-state index contributed by atoms with van der Waals surface area (Å²) in [7, 11) is 0. The third kappa shape index (κ3) is 4.10. The smallest absolute Gasteiger partial charge is 0.123 e. The number of hydrazine groups is 1. The Labute approximate surface area is 136 Å². The van der Waals surface area contributed by atoms with Crippen LogP contribution in [-0.4, -0.2) is 4.98 Å². The normalized spacial score (nSPS) is 13.4. The lowest BCUT2D eigenvalue weighted by atomic mass is 9.93. The Hall–Kier alpha value is -0.820. The molecule has 1 atom stereocenters. The van der Waals surface area contributed by atoms with E-state index in [1.165, 1.54) is 12.1 Å². The van der Waals surface area contributed by atoms with Crippen molar-refractivity contribution in [3.63, 3.8) is 0 Å². The van der Waals surface area contributed by atoms with Crippen molar-refractivity contribution in [2.75, 3.05) is 0 Å². The molecule has 0 radical (unpaired) electrons. The molecule has 0 saturated carbocycles. The summed E-state index contributed by atoms with van der Waals surface area (Å²) in [5.41, 5.74) is 4.64. The van der Waals surface area contributed by atoms with Gasteiger partial charge in [-0.15, -0.1) is 11.3 Å². The summed E-state index contributed by atoms with van der Waals surface area (Å²) in [5, 5.41) is 3.06. The highest BCUT2D eigenvalue weighted by molar-refractivity contribution is 9.10. The molecule has 0 aliphatic heterocycles. The molecule has 1 aromatic heterocycles. The summed E-state index contributed by atoms with van der Waals surface area (Å²) < 4.78 is 14.3. The summed E-state index contributed by atoms with van der Waals surface area (Å²) in [5.74, 6) is 5.37. The van der Waals surface area contributed by atoms with Gasteiger partial charge in [-0.3, -0.25) is 11.3 Å². The fourth-order valence-corrected chi connectivity index (χ4v) is 3.55. The van der Waals surface area contributed by atoms with E-state index < -0.39 is 0 Å². The number of rotatable bonds is 4. The third-order valence-electron chi connectivity index (χ3n) is 3.23. The Bertz CT molecular complexity index is 622. The highest BCUT2D eigenvalue weighted by Gasteiger charge is 2.20. The highest BCUT2D eigenvalue weighted by atomic mass is 79.9. The first-order chi connectivity index (χ1) is 9.81. The lowest BCUT2D eigenvalue weighted by molar-refractivity contribution is 0.534. The van der Waals surface area contributed by atoms with Gasteiger partial charge in [0.2, 0.25) is 0 Å². The molecule has 2 aromatic rings. The number of hydrogen-bond donors (Lipinski definition) is 2. The van der Waals surface area contributed by atoms with E-state index in [0.29, 0.717) is 6.42 Å². The molecule has 0 aliphatic rings. The Morgan fingerprint density at radius 2 is 2.14 bits per heavy atom. The Morgan fingerprint density at radius 1 is 1.43 bits per heavy atom. The fraction of sp³-hybridized carbons (Fsp3) is 0.400. The number of thiazole rings is 1. The molecular weight excluding hydrogens is 353 g/mol. The van der Waals surface area contributed by atoms with Crippen LogP contribution in [0.4, 0.5) is 4.39 Å². The van der Waals surface area contributed by atoms with Gasteiger partial charge in [-0.05, 0) is 23.8 Å². The molecule has 3 N–H and O–H groups in total. The topological polar surface area (TPSA) is 50.9 Å². The fourth-order valence-electron chi connectivity index (χ4n) is 1.96. The van der Waals surface area contributed by atoms with Gasteiger partial charge in [0.05, 0.1) is 16.7 Å². The molecule has 1 heterocycles. The number of hydrogen-bond acceptors (Lipinski definition) is 4. The first kappa shape index (κ1) is 16.5. The van der Waals surface area contributed by atoms with Crippen LogP contribution in [0.2, 0.25) is 0 Å². The molecule has 0 bridgehead atoms. The average Bonchev–Trinajstić information content (AvgIpc) is 2.87. The van der Waals surface area contributed by atoms with Gasteiger partial charge in [-0.25, -0.2) is 9.37 Å². The maximum Gasteiger partial charge on any atom is 0.123 e. The monoisotopic (exact) mass is 371 g/mol. The Balaban J connectivity index is 2.23. The van der Waals surface area contributed by atoms with Crippen molar-refractivity contribution in [2.24, 2.45) is 5.84 Å². The van der Waals surface area contributed by atoms with Crippen LogP contribution in [0.3, 0.4) is 0 Å². The van der Waals surface area contributed by atoms with Crippen molar-refractivity contribution in [1.82, 2.24) is 10.4 Å². The van der Waals surface area contributed by atoms with E-state index >= 15 is 0 Å². The minimum absolute atomic E-state index is 0.0276. The van der Waals surface area contributed by atoms with Crippen LogP contribution in [0, 0.1) is 5.82 Å². The van der Waals surface area contributed by atoms with Crippen LogP contribution >= 0.6 is 27.3 Å². The summed E-state index contributed by atoms with van der Waals surface area (Å²) in [4.78, 5) is 4.66. The molecule has 2 rings (SSSR count). The molecule has 114 valence electrons. The van der Waals surface area contributed by atoms with Crippen molar-refractivity contribution >= 4 is 27.3 Å². The predicted octanol–water partition coefficient (Wildman–Crippen LogP) is 4.09. The van der Waals surface area contributed by atoms with Gasteiger partial charge in [-0.1, -0.05) is 36.7 Å². The summed E-state index contributed by atoms with van der Waals surface area (Å²) in [6.45, 7) is 6.40. The van der Waals surface area contributed by atoms with E-state index in [4.69, 9.17) is 5.84 Å². The van der Waals surface area contributed by atoms with Crippen molar-refractivity contribution < 1.29 is 4.39 Å². The van der Waals surface area contributed by atoms with E-state index in [-0.39, 0.29) is 17.3 Å². The van der Waals surface area contributed by atoms with E-state index in [1.807, 2.05) is 0 Å². The van der Waals surface area contributed by atoms with Gasteiger partial charge >= 0.3 is 0 Å². The molecule has 1 unspecified atom stereocenters. The van der Waals surface area contributed by atoms with Crippen molar-refractivity contribution in [3.8, 4) is 0 Å². The number of benzene rings is 1. The van der Waals surface area contributed by atoms with Gasteiger partial charge < -0.3 is 0 Å².